The number of amides is 1. The molecular weight excluding hydrogens is 261 g/mol. The van der Waals surface area contributed by atoms with E-state index in [1.54, 1.807) is 6.92 Å². The first-order chi connectivity index (χ1) is 9.58. The topological polar surface area (TPSA) is 96.7 Å². The van der Waals surface area contributed by atoms with Crippen LogP contribution in [0.1, 0.15) is 28.2 Å². The summed E-state index contributed by atoms with van der Waals surface area (Å²) in [6, 6.07) is 2.67. The molecule has 0 atom stereocenters. The first-order valence-electron chi connectivity index (χ1n) is 6.26. The summed E-state index contributed by atoms with van der Waals surface area (Å²) < 4.78 is 13.5. The van der Waals surface area contributed by atoms with Crippen molar-refractivity contribution in [2.24, 2.45) is 0 Å². The van der Waals surface area contributed by atoms with Gasteiger partial charge in [0, 0.05) is 29.8 Å². The van der Waals surface area contributed by atoms with Gasteiger partial charge < -0.3 is 11.1 Å². The number of carbonyl (C=O) groups is 1. The molecule has 0 bridgehead atoms. The Hall–Kier alpha value is -2.44. The van der Waals surface area contributed by atoms with Crippen LogP contribution in [0.25, 0.3) is 0 Å². The Morgan fingerprint density at radius 2 is 2.30 bits per heavy atom. The second-order valence-corrected chi connectivity index (χ2v) is 4.46. The average molecular weight is 277 g/mol. The lowest BCUT2D eigenvalue weighted by Crippen LogP contribution is -2.25. The number of carbonyl (C=O) groups excluding carboxylic acids is 1. The van der Waals surface area contributed by atoms with E-state index in [9.17, 15) is 9.18 Å². The molecule has 4 N–H and O–H groups in total. The van der Waals surface area contributed by atoms with Crippen LogP contribution in [-0.2, 0) is 6.42 Å². The molecule has 2 rings (SSSR count). The summed E-state index contributed by atoms with van der Waals surface area (Å²) in [6.07, 6.45) is 2.83. The SMILES string of the molecule is Cc1c(N)cc(C(=O)NCCCc2ncn[nH]2)cc1F. The Labute approximate surface area is 115 Å². The summed E-state index contributed by atoms with van der Waals surface area (Å²) in [5, 5.41) is 9.18. The number of aryl methyl sites for hydroxylation is 1. The zero-order chi connectivity index (χ0) is 14.5. The highest BCUT2D eigenvalue weighted by atomic mass is 19.1. The normalized spacial score (nSPS) is 10.5. The molecule has 106 valence electrons. The van der Waals surface area contributed by atoms with Crippen molar-refractivity contribution in [3.05, 3.63) is 41.2 Å². The molecule has 0 radical (unpaired) electrons. The number of halogens is 1. The summed E-state index contributed by atoms with van der Waals surface area (Å²) in [6.45, 7) is 2.04. The van der Waals surface area contributed by atoms with E-state index in [2.05, 4.69) is 20.5 Å². The van der Waals surface area contributed by atoms with Gasteiger partial charge in [-0.25, -0.2) is 9.37 Å². The summed E-state index contributed by atoms with van der Waals surface area (Å²) in [7, 11) is 0. The van der Waals surface area contributed by atoms with Gasteiger partial charge in [-0.15, -0.1) is 0 Å². The fraction of sp³-hybridized carbons (Fsp3) is 0.308. The molecule has 0 unspecified atom stereocenters. The molecular formula is C13H16FN5O. The molecule has 2 aromatic rings. The van der Waals surface area contributed by atoms with Crippen LogP contribution in [-0.4, -0.2) is 27.6 Å². The molecule has 0 saturated heterocycles. The van der Waals surface area contributed by atoms with Crippen LogP contribution in [0.4, 0.5) is 10.1 Å². The monoisotopic (exact) mass is 277 g/mol. The number of rotatable bonds is 5. The number of aromatic amines is 1. The predicted octanol–water partition coefficient (Wildman–Crippen LogP) is 1.20. The molecule has 1 aromatic heterocycles. The second kappa shape index (κ2) is 6.14. The Morgan fingerprint density at radius 1 is 1.50 bits per heavy atom. The zero-order valence-electron chi connectivity index (χ0n) is 11.1. The zero-order valence-corrected chi connectivity index (χ0v) is 11.1. The van der Waals surface area contributed by atoms with Crippen molar-refractivity contribution in [1.82, 2.24) is 20.5 Å². The number of hydrogen-bond acceptors (Lipinski definition) is 4. The maximum absolute atomic E-state index is 13.5. The average Bonchev–Trinajstić information content (AvgIpc) is 2.93. The van der Waals surface area contributed by atoms with Crippen molar-refractivity contribution < 1.29 is 9.18 Å². The first kappa shape index (κ1) is 14.0. The molecule has 1 aromatic carbocycles. The van der Waals surface area contributed by atoms with Crippen LogP contribution in [0.3, 0.4) is 0 Å². The van der Waals surface area contributed by atoms with Crippen molar-refractivity contribution in [2.45, 2.75) is 19.8 Å². The van der Waals surface area contributed by atoms with Crippen LogP contribution in [0.2, 0.25) is 0 Å². The van der Waals surface area contributed by atoms with Gasteiger partial charge in [0.25, 0.3) is 5.91 Å². The molecule has 20 heavy (non-hydrogen) atoms. The van der Waals surface area contributed by atoms with Crippen LogP contribution >= 0.6 is 0 Å². The maximum atomic E-state index is 13.5. The fourth-order valence-corrected chi connectivity index (χ4v) is 1.74. The van der Waals surface area contributed by atoms with Gasteiger partial charge >= 0.3 is 0 Å². The van der Waals surface area contributed by atoms with E-state index < -0.39 is 5.82 Å². The number of H-pyrrole nitrogens is 1. The van der Waals surface area contributed by atoms with Crippen molar-refractivity contribution >= 4 is 11.6 Å². The molecule has 7 heteroatoms. The van der Waals surface area contributed by atoms with Crippen LogP contribution in [0, 0.1) is 12.7 Å². The number of aromatic nitrogens is 3. The van der Waals surface area contributed by atoms with Gasteiger partial charge in [0.05, 0.1) is 0 Å². The lowest BCUT2D eigenvalue weighted by atomic mass is 10.1. The van der Waals surface area contributed by atoms with Crippen molar-refractivity contribution in [3.63, 3.8) is 0 Å². The van der Waals surface area contributed by atoms with E-state index in [0.717, 1.165) is 5.82 Å². The smallest absolute Gasteiger partial charge is 0.251 e. The molecule has 0 fully saturated rings. The molecule has 0 aliphatic rings. The third-order valence-corrected chi connectivity index (χ3v) is 2.99. The van der Waals surface area contributed by atoms with Crippen LogP contribution < -0.4 is 11.1 Å². The number of anilines is 1. The minimum atomic E-state index is -0.475. The summed E-state index contributed by atoms with van der Waals surface area (Å²) >= 11 is 0. The van der Waals surface area contributed by atoms with Gasteiger partial charge in [0.15, 0.2) is 0 Å². The number of benzene rings is 1. The number of nitrogens with zero attached hydrogens (tertiary/aromatic N) is 2. The van der Waals surface area contributed by atoms with Gasteiger partial charge in [0.1, 0.15) is 18.0 Å². The Balaban J connectivity index is 1.86. The number of nitrogen functional groups attached to an aromatic ring is 1. The Morgan fingerprint density at radius 3 is 2.95 bits per heavy atom. The van der Waals surface area contributed by atoms with Crippen LogP contribution in [0.15, 0.2) is 18.5 Å². The van der Waals surface area contributed by atoms with Gasteiger partial charge in [0.2, 0.25) is 0 Å². The molecule has 1 heterocycles. The van der Waals surface area contributed by atoms with Crippen LogP contribution in [0.5, 0.6) is 0 Å². The molecule has 0 aliphatic heterocycles. The Bertz CT molecular complexity index is 574. The summed E-state index contributed by atoms with van der Waals surface area (Å²) in [4.78, 5) is 15.8. The van der Waals surface area contributed by atoms with Gasteiger partial charge in [-0.05, 0) is 25.5 Å². The highest BCUT2D eigenvalue weighted by molar-refractivity contribution is 5.95. The third-order valence-electron chi connectivity index (χ3n) is 2.99. The molecule has 0 aliphatic carbocycles. The summed E-state index contributed by atoms with van der Waals surface area (Å²) in [5.74, 6) is -0.0464. The van der Waals surface area contributed by atoms with E-state index in [0.29, 0.717) is 24.9 Å². The summed E-state index contributed by atoms with van der Waals surface area (Å²) in [5.41, 5.74) is 6.49. The molecule has 0 saturated carbocycles. The minimum Gasteiger partial charge on any atom is -0.398 e. The lowest BCUT2D eigenvalue weighted by molar-refractivity contribution is 0.0952. The highest BCUT2D eigenvalue weighted by Crippen LogP contribution is 2.17. The van der Waals surface area contributed by atoms with E-state index >= 15 is 0 Å². The van der Waals surface area contributed by atoms with Crippen molar-refractivity contribution in [1.29, 1.82) is 0 Å². The fourth-order valence-electron chi connectivity index (χ4n) is 1.74. The quantitative estimate of drug-likeness (QED) is 0.565. The Kier molecular flexibility index (Phi) is 4.29. The van der Waals surface area contributed by atoms with E-state index in [-0.39, 0.29) is 17.2 Å². The minimum absolute atomic E-state index is 0.227. The lowest BCUT2D eigenvalue weighted by Gasteiger charge is -2.07. The van der Waals surface area contributed by atoms with Gasteiger partial charge in [-0.3, -0.25) is 9.89 Å². The maximum Gasteiger partial charge on any atom is 0.251 e. The van der Waals surface area contributed by atoms with Gasteiger partial charge in [-0.1, -0.05) is 0 Å². The molecule has 6 nitrogen and oxygen atoms in total. The second-order valence-electron chi connectivity index (χ2n) is 4.46. The largest absolute Gasteiger partial charge is 0.398 e. The van der Waals surface area contributed by atoms with E-state index in [1.165, 1.54) is 18.5 Å². The highest BCUT2D eigenvalue weighted by Gasteiger charge is 2.10. The standard InChI is InChI=1S/C13H16FN5O/c1-8-10(14)5-9(6-11(8)15)13(20)16-4-2-3-12-17-7-18-19-12/h5-7H,2-4,15H2,1H3,(H,16,20)(H,17,18,19). The van der Waals surface area contributed by atoms with Crippen molar-refractivity contribution in [3.8, 4) is 0 Å². The first-order valence-corrected chi connectivity index (χ1v) is 6.26. The molecule has 1 amide bonds. The van der Waals surface area contributed by atoms with Crippen molar-refractivity contribution in [2.75, 3.05) is 12.3 Å². The predicted molar refractivity (Wildman–Crippen MR) is 72.6 cm³/mol. The molecule has 0 spiro atoms. The number of nitrogens with two attached hydrogens (primary N) is 1. The van der Waals surface area contributed by atoms with Gasteiger partial charge in [-0.2, -0.15) is 5.10 Å². The van der Waals surface area contributed by atoms with E-state index in [1.807, 2.05) is 0 Å². The third kappa shape index (κ3) is 3.31. The van der Waals surface area contributed by atoms with E-state index in [4.69, 9.17) is 5.73 Å². The number of nitrogens with one attached hydrogen (secondary N) is 2. The number of hydrogen-bond donors (Lipinski definition) is 3.